The summed E-state index contributed by atoms with van der Waals surface area (Å²) in [6, 6.07) is 4.16. The molecule has 0 unspecified atom stereocenters. The van der Waals surface area contributed by atoms with Gasteiger partial charge in [0.2, 0.25) is 5.43 Å². The number of carboxylic acid groups (broad SMARTS) is 1. The molecule has 0 bridgehead atoms. The molecule has 0 saturated heterocycles. The largest absolute Gasteiger partial charge is 0.503 e. The van der Waals surface area contributed by atoms with E-state index in [0.717, 1.165) is 38.0 Å². The van der Waals surface area contributed by atoms with Crippen molar-refractivity contribution in [2.75, 3.05) is 11.9 Å². The number of nitrogens with one attached hydrogen (secondary N) is 1. The first-order chi connectivity index (χ1) is 15.0. The monoisotopic (exact) mass is 425 g/mol. The fourth-order valence-corrected chi connectivity index (χ4v) is 5.30. The number of rotatable bonds is 7. The predicted octanol–water partition coefficient (Wildman–Crippen LogP) is 4.15. The predicted molar refractivity (Wildman–Crippen MR) is 119 cm³/mol. The quantitative estimate of drug-likeness (QED) is 0.616. The summed E-state index contributed by atoms with van der Waals surface area (Å²) in [5, 5.41) is 22.8. The van der Waals surface area contributed by atoms with Crippen LogP contribution in [0, 0.1) is 5.92 Å². The van der Waals surface area contributed by atoms with E-state index in [1.165, 1.54) is 50.1 Å². The van der Waals surface area contributed by atoms with Crippen molar-refractivity contribution in [2.45, 2.75) is 69.7 Å². The molecule has 0 spiro atoms. The third-order valence-electron chi connectivity index (χ3n) is 7.01. The fraction of sp³-hybridized carbons (Fsp3) is 0.542. The number of hydrogen-bond donors (Lipinski definition) is 3. The van der Waals surface area contributed by atoms with Gasteiger partial charge in [0.15, 0.2) is 5.75 Å². The molecule has 4 rings (SSSR count). The molecule has 0 aromatic carbocycles. The Morgan fingerprint density at radius 3 is 2.61 bits per heavy atom. The summed E-state index contributed by atoms with van der Waals surface area (Å²) >= 11 is 0. The maximum atomic E-state index is 11.9. The van der Waals surface area contributed by atoms with E-state index in [4.69, 9.17) is 0 Å². The third-order valence-corrected chi connectivity index (χ3v) is 7.01. The van der Waals surface area contributed by atoms with Crippen molar-refractivity contribution in [3.63, 3.8) is 0 Å². The highest BCUT2D eigenvalue weighted by Crippen LogP contribution is 2.43. The van der Waals surface area contributed by atoms with E-state index in [9.17, 15) is 19.8 Å². The summed E-state index contributed by atoms with van der Waals surface area (Å²) in [7, 11) is 0. The van der Waals surface area contributed by atoms with Crippen LogP contribution in [0.3, 0.4) is 0 Å². The third kappa shape index (κ3) is 4.75. The molecule has 166 valence electrons. The van der Waals surface area contributed by atoms with E-state index in [1.807, 2.05) is 12.3 Å². The SMILES string of the molecule is O=C(O)c1cn(CC2(c3ccnc(NCC4CCCCC4)c3)CCCC2)cc(O)c1=O. The average molecular weight is 426 g/mol. The first-order valence-electron chi connectivity index (χ1n) is 11.3. The highest BCUT2D eigenvalue weighted by molar-refractivity contribution is 5.87. The standard InChI is InChI=1S/C24H31N3O4/c28-20-15-27(14-19(22(20)29)23(30)31)16-24(9-4-5-10-24)18-8-11-25-21(12-18)26-13-17-6-2-1-3-7-17/h8,11-12,14-15,17,28H,1-7,9-10,13,16H2,(H,25,26)(H,30,31). The van der Waals surface area contributed by atoms with Crippen LogP contribution in [0.1, 0.15) is 73.7 Å². The Kier molecular flexibility index (Phi) is 6.30. The van der Waals surface area contributed by atoms with Crippen molar-refractivity contribution in [3.8, 4) is 5.75 Å². The van der Waals surface area contributed by atoms with Crippen LogP contribution in [0.15, 0.2) is 35.5 Å². The summed E-state index contributed by atoms with van der Waals surface area (Å²) in [5.74, 6) is -0.271. The van der Waals surface area contributed by atoms with E-state index in [1.54, 1.807) is 4.57 Å². The Balaban J connectivity index is 1.57. The molecule has 2 fully saturated rings. The van der Waals surface area contributed by atoms with E-state index >= 15 is 0 Å². The van der Waals surface area contributed by atoms with Crippen molar-refractivity contribution in [1.82, 2.24) is 9.55 Å². The Morgan fingerprint density at radius 2 is 1.90 bits per heavy atom. The van der Waals surface area contributed by atoms with Crippen LogP contribution in [-0.2, 0) is 12.0 Å². The summed E-state index contributed by atoms with van der Waals surface area (Å²) in [4.78, 5) is 27.9. The van der Waals surface area contributed by atoms with Crippen molar-refractivity contribution >= 4 is 11.8 Å². The van der Waals surface area contributed by atoms with Gasteiger partial charge in [-0.2, -0.15) is 0 Å². The van der Waals surface area contributed by atoms with Crippen molar-refractivity contribution in [2.24, 2.45) is 5.92 Å². The average Bonchev–Trinajstić information content (AvgIpc) is 3.25. The smallest absolute Gasteiger partial charge is 0.341 e. The molecular formula is C24H31N3O4. The Morgan fingerprint density at radius 1 is 1.16 bits per heavy atom. The van der Waals surface area contributed by atoms with Gasteiger partial charge in [-0.15, -0.1) is 0 Å². The van der Waals surface area contributed by atoms with Gasteiger partial charge in [0.05, 0.1) is 0 Å². The molecule has 2 aromatic rings. The molecule has 0 radical (unpaired) electrons. The number of pyridine rings is 2. The van der Waals surface area contributed by atoms with E-state index in [0.29, 0.717) is 12.5 Å². The molecule has 0 aliphatic heterocycles. The second-order valence-electron chi connectivity index (χ2n) is 9.17. The zero-order valence-electron chi connectivity index (χ0n) is 17.8. The van der Waals surface area contributed by atoms with E-state index in [2.05, 4.69) is 16.4 Å². The van der Waals surface area contributed by atoms with Gasteiger partial charge in [0, 0.05) is 37.1 Å². The number of carbonyl (C=O) groups is 1. The lowest BCUT2D eigenvalue weighted by molar-refractivity contribution is 0.0693. The van der Waals surface area contributed by atoms with Gasteiger partial charge >= 0.3 is 5.97 Å². The second kappa shape index (κ2) is 9.12. The molecule has 3 N–H and O–H groups in total. The summed E-state index contributed by atoms with van der Waals surface area (Å²) in [6.45, 7) is 1.45. The summed E-state index contributed by atoms with van der Waals surface area (Å²) < 4.78 is 1.65. The molecule has 7 nitrogen and oxygen atoms in total. The molecule has 0 atom stereocenters. The molecule has 2 saturated carbocycles. The van der Waals surface area contributed by atoms with E-state index < -0.39 is 22.7 Å². The maximum Gasteiger partial charge on any atom is 0.341 e. The van der Waals surface area contributed by atoms with Gasteiger partial charge in [-0.25, -0.2) is 9.78 Å². The Bertz CT molecular complexity index is 989. The van der Waals surface area contributed by atoms with Gasteiger partial charge < -0.3 is 20.1 Å². The lowest BCUT2D eigenvalue weighted by atomic mass is 9.79. The van der Waals surface area contributed by atoms with E-state index in [-0.39, 0.29) is 5.41 Å². The molecule has 31 heavy (non-hydrogen) atoms. The van der Waals surface area contributed by atoms with Crippen LogP contribution in [-0.4, -0.2) is 32.3 Å². The topological polar surface area (TPSA) is 104 Å². The number of anilines is 1. The molecular weight excluding hydrogens is 394 g/mol. The van der Waals surface area contributed by atoms with Crippen LogP contribution in [0.4, 0.5) is 5.82 Å². The van der Waals surface area contributed by atoms with Crippen LogP contribution in [0.5, 0.6) is 5.75 Å². The summed E-state index contributed by atoms with van der Waals surface area (Å²) in [5.41, 5.74) is -0.261. The molecule has 2 aromatic heterocycles. The first-order valence-corrected chi connectivity index (χ1v) is 11.3. The van der Waals surface area contributed by atoms with Gasteiger partial charge in [0.25, 0.3) is 0 Å². The molecule has 2 aliphatic carbocycles. The van der Waals surface area contributed by atoms with Crippen molar-refractivity contribution in [3.05, 3.63) is 52.1 Å². The van der Waals surface area contributed by atoms with Crippen molar-refractivity contribution in [1.29, 1.82) is 0 Å². The second-order valence-corrected chi connectivity index (χ2v) is 9.17. The van der Waals surface area contributed by atoms with Gasteiger partial charge in [-0.05, 0) is 49.3 Å². The number of nitrogens with zero attached hydrogens (tertiary/aromatic N) is 2. The molecule has 2 aliphatic rings. The van der Waals surface area contributed by atoms with Crippen LogP contribution in [0.2, 0.25) is 0 Å². The zero-order chi connectivity index (χ0) is 21.8. The molecule has 0 amide bonds. The minimum Gasteiger partial charge on any atom is -0.503 e. The molecule has 2 heterocycles. The van der Waals surface area contributed by atoms with Crippen molar-refractivity contribution < 1.29 is 15.0 Å². The number of hydrogen-bond acceptors (Lipinski definition) is 5. The Labute approximate surface area is 182 Å². The minimum absolute atomic E-state index is 0.179. The number of aromatic hydroxyl groups is 1. The van der Waals surface area contributed by atoms with Gasteiger partial charge in [0.1, 0.15) is 11.4 Å². The highest BCUT2D eigenvalue weighted by Gasteiger charge is 2.36. The lowest BCUT2D eigenvalue weighted by Crippen LogP contribution is -2.30. The van der Waals surface area contributed by atoms with Gasteiger partial charge in [-0.3, -0.25) is 4.79 Å². The number of aromatic carboxylic acids is 1. The van der Waals surface area contributed by atoms with Gasteiger partial charge in [-0.1, -0.05) is 32.1 Å². The Hall–Kier alpha value is -2.83. The number of carboxylic acids is 1. The van der Waals surface area contributed by atoms with Crippen LogP contribution in [0.25, 0.3) is 0 Å². The fourth-order valence-electron chi connectivity index (χ4n) is 5.30. The first kappa shape index (κ1) is 21.4. The maximum absolute atomic E-state index is 11.9. The lowest BCUT2D eigenvalue weighted by Gasteiger charge is -2.31. The number of aromatic nitrogens is 2. The minimum atomic E-state index is -1.33. The highest BCUT2D eigenvalue weighted by atomic mass is 16.4. The van der Waals surface area contributed by atoms with Crippen LogP contribution >= 0.6 is 0 Å². The molecule has 7 heteroatoms. The zero-order valence-corrected chi connectivity index (χ0v) is 17.8. The van der Waals surface area contributed by atoms with Crippen LogP contribution < -0.4 is 10.7 Å². The normalized spacial score (nSPS) is 18.7. The summed E-state index contributed by atoms with van der Waals surface area (Å²) in [6.07, 6.45) is 15.2.